The average Bonchev–Trinajstić information content (AvgIpc) is 2.31. The van der Waals surface area contributed by atoms with Crippen LogP contribution in [0.2, 0.25) is 0 Å². The minimum absolute atomic E-state index is 0.0795. The SMILES string of the molecule is CCNC(=O)CSc1cc(OCC)c(F)cc1N. The van der Waals surface area contributed by atoms with Gasteiger partial charge in [-0.25, -0.2) is 4.39 Å². The normalized spacial score (nSPS) is 10.2. The highest BCUT2D eigenvalue weighted by atomic mass is 32.2. The van der Waals surface area contributed by atoms with Crippen LogP contribution < -0.4 is 15.8 Å². The van der Waals surface area contributed by atoms with Crippen LogP contribution in [0.4, 0.5) is 10.1 Å². The van der Waals surface area contributed by atoms with Gasteiger partial charge in [-0.3, -0.25) is 4.79 Å². The van der Waals surface area contributed by atoms with E-state index in [9.17, 15) is 9.18 Å². The minimum atomic E-state index is -0.489. The molecule has 4 nitrogen and oxygen atoms in total. The van der Waals surface area contributed by atoms with Crippen molar-refractivity contribution in [3.63, 3.8) is 0 Å². The lowest BCUT2D eigenvalue weighted by molar-refractivity contribution is -0.118. The standard InChI is InChI=1S/C12H17FN2O2S/c1-3-15-12(16)7-18-11-6-10(17-4-2)8(13)5-9(11)14/h5-6H,3-4,7,14H2,1-2H3,(H,15,16). The summed E-state index contributed by atoms with van der Waals surface area (Å²) >= 11 is 1.26. The molecule has 0 saturated carbocycles. The van der Waals surface area contributed by atoms with Crippen molar-refractivity contribution >= 4 is 23.4 Å². The molecule has 100 valence electrons. The molecular formula is C12H17FN2O2S. The van der Waals surface area contributed by atoms with Crippen LogP contribution >= 0.6 is 11.8 Å². The van der Waals surface area contributed by atoms with Gasteiger partial charge in [-0.15, -0.1) is 11.8 Å². The maximum atomic E-state index is 13.4. The van der Waals surface area contributed by atoms with Crippen molar-refractivity contribution in [2.45, 2.75) is 18.7 Å². The van der Waals surface area contributed by atoms with E-state index in [1.54, 1.807) is 6.92 Å². The van der Waals surface area contributed by atoms with E-state index in [1.807, 2.05) is 6.92 Å². The predicted molar refractivity (Wildman–Crippen MR) is 71.4 cm³/mol. The van der Waals surface area contributed by atoms with Gasteiger partial charge in [0.2, 0.25) is 5.91 Å². The van der Waals surface area contributed by atoms with Crippen molar-refractivity contribution in [1.29, 1.82) is 0 Å². The topological polar surface area (TPSA) is 64.3 Å². The number of hydrogen-bond donors (Lipinski definition) is 2. The van der Waals surface area contributed by atoms with E-state index in [2.05, 4.69) is 5.32 Å². The van der Waals surface area contributed by atoms with Gasteiger partial charge >= 0.3 is 0 Å². The molecule has 3 N–H and O–H groups in total. The maximum absolute atomic E-state index is 13.4. The number of thioether (sulfide) groups is 1. The van der Waals surface area contributed by atoms with Gasteiger partial charge in [0.25, 0.3) is 0 Å². The third-order valence-corrected chi connectivity index (χ3v) is 3.17. The highest BCUT2D eigenvalue weighted by molar-refractivity contribution is 8.00. The number of anilines is 1. The lowest BCUT2D eigenvalue weighted by Gasteiger charge is -2.10. The Morgan fingerprint density at radius 2 is 2.22 bits per heavy atom. The molecule has 18 heavy (non-hydrogen) atoms. The van der Waals surface area contributed by atoms with Crippen LogP contribution in [0.25, 0.3) is 0 Å². The summed E-state index contributed by atoms with van der Waals surface area (Å²) in [7, 11) is 0. The van der Waals surface area contributed by atoms with Gasteiger partial charge in [-0.05, 0) is 19.9 Å². The highest BCUT2D eigenvalue weighted by Gasteiger charge is 2.10. The van der Waals surface area contributed by atoms with Crippen LogP contribution in [0.3, 0.4) is 0 Å². The maximum Gasteiger partial charge on any atom is 0.230 e. The number of nitrogen functional groups attached to an aromatic ring is 1. The molecule has 0 heterocycles. The first kappa shape index (κ1) is 14.6. The summed E-state index contributed by atoms with van der Waals surface area (Å²) in [5.41, 5.74) is 6.01. The number of halogens is 1. The summed E-state index contributed by atoms with van der Waals surface area (Å²) in [4.78, 5) is 12.0. The van der Waals surface area contributed by atoms with Crippen LogP contribution in [0.1, 0.15) is 13.8 Å². The molecule has 1 amide bonds. The summed E-state index contributed by atoms with van der Waals surface area (Å²) in [6.45, 7) is 4.59. The van der Waals surface area contributed by atoms with Gasteiger partial charge in [0, 0.05) is 23.2 Å². The van der Waals surface area contributed by atoms with E-state index in [1.165, 1.54) is 23.9 Å². The van der Waals surface area contributed by atoms with Crippen LogP contribution in [-0.2, 0) is 4.79 Å². The van der Waals surface area contributed by atoms with Crippen molar-refractivity contribution < 1.29 is 13.9 Å². The third-order valence-electron chi connectivity index (χ3n) is 2.10. The van der Waals surface area contributed by atoms with Gasteiger partial charge in [-0.1, -0.05) is 0 Å². The molecule has 0 aliphatic carbocycles. The zero-order valence-electron chi connectivity index (χ0n) is 10.5. The van der Waals surface area contributed by atoms with Gasteiger partial charge in [0.05, 0.1) is 12.4 Å². The van der Waals surface area contributed by atoms with Crippen molar-refractivity contribution in [3.05, 3.63) is 17.9 Å². The molecule has 0 bridgehead atoms. The number of ether oxygens (including phenoxy) is 1. The number of benzene rings is 1. The molecule has 0 radical (unpaired) electrons. The monoisotopic (exact) mass is 272 g/mol. The van der Waals surface area contributed by atoms with Gasteiger partial charge < -0.3 is 15.8 Å². The largest absolute Gasteiger partial charge is 0.491 e. The Kier molecular flexibility index (Phi) is 5.77. The second-order valence-corrected chi connectivity index (χ2v) is 4.51. The number of nitrogens with two attached hydrogens (primary N) is 1. The average molecular weight is 272 g/mol. The van der Waals surface area contributed by atoms with E-state index in [0.717, 1.165) is 0 Å². The fraction of sp³-hybridized carbons (Fsp3) is 0.417. The Morgan fingerprint density at radius 3 is 2.83 bits per heavy atom. The first-order valence-electron chi connectivity index (χ1n) is 5.69. The molecule has 0 atom stereocenters. The molecule has 0 spiro atoms. The first-order valence-corrected chi connectivity index (χ1v) is 6.68. The highest BCUT2D eigenvalue weighted by Crippen LogP contribution is 2.31. The first-order chi connectivity index (χ1) is 8.58. The Labute approximate surface area is 110 Å². The number of carbonyl (C=O) groups is 1. The minimum Gasteiger partial charge on any atom is -0.491 e. The number of nitrogens with one attached hydrogen (secondary N) is 1. The summed E-state index contributed by atoms with van der Waals surface area (Å²) in [6, 6.07) is 2.74. The van der Waals surface area contributed by atoms with E-state index < -0.39 is 5.82 Å². The van der Waals surface area contributed by atoms with Crippen molar-refractivity contribution in [2.24, 2.45) is 0 Å². The van der Waals surface area contributed by atoms with Crippen molar-refractivity contribution in [3.8, 4) is 5.75 Å². The van der Waals surface area contributed by atoms with E-state index in [4.69, 9.17) is 10.5 Å². The number of carbonyl (C=O) groups excluding carboxylic acids is 1. The smallest absolute Gasteiger partial charge is 0.230 e. The van der Waals surface area contributed by atoms with Crippen LogP contribution in [-0.4, -0.2) is 24.8 Å². The van der Waals surface area contributed by atoms with E-state index in [0.29, 0.717) is 23.7 Å². The Hall–Kier alpha value is -1.43. The van der Waals surface area contributed by atoms with Gasteiger partial charge in [-0.2, -0.15) is 0 Å². The molecule has 0 aromatic heterocycles. The van der Waals surface area contributed by atoms with Crippen LogP contribution in [0, 0.1) is 5.82 Å². The fourth-order valence-electron chi connectivity index (χ4n) is 1.33. The molecule has 0 aliphatic rings. The van der Waals surface area contributed by atoms with E-state index >= 15 is 0 Å². The van der Waals surface area contributed by atoms with Crippen molar-refractivity contribution in [1.82, 2.24) is 5.32 Å². The number of hydrogen-bond acceptors (Lipinski definition) is 4. The lowest BCUT2D eigenvalue weighted by atomic mass is 10.3. The summed E-state index contributed by atoms with van der Waals surface area (Å²) in [5, 5.41) is 2.68. The Morgan fingerprint density at radius 1 is 1.50 bits per heavy atom. The quantitative estimate of drug-likeness (QED) is 0.614. The number of rotatable bonds is 6. The van der Waals surface area contributed by atoms with E-state index in [-0.39, 0.29) is 17.4 Å². The Bertz CT molecular complexity index is 427. The van der Waals surface area contributed by atoms with Crippen molar-refractivity contribution in [2.75, 3.05) is 24.6 Å². The molecule has 0 fully saturated rings. The second kappa shape index (κ2) is 7.10. The summed E-state index contributed by atoms with van der Waals surface area (Å²) in [6.07, 6.45) is 0. The summed E-state index contributed by atoms with van der Waals surface area (Å²) in [5.74, 6) is -0.166. The van der Waals surface area contributed by atoms with Gasteiger partial charge in [0.15, 0.2) is 11.6 Å². The predicted octanol–water partition coefficient (Wildman–Crippen LogP) is 2.03. The zero-order chi connectivity index (χ0) is 13.5. The Balaban J connectivity index is 2.75. The molecule has 0 saturated heterocycles. The fourth-order valence-corrected chi connectivity index (χ4v) is 2.14. The second-order valence-electron chi connectivity index (χ2n) is 3.50. The lowest BCUT2D eigenvalue weighted by Crippen LogP contribution is -2.24. The third kappa shape index (κ3) is 4.10. The van der Waals surface area contributed by atoms with Crippen LogP contribution in [0.15, 0.2) is 17.0 Å². The molecular weight excluding hydrogens is 255 g/mol. The van der Waals surface area contributed by atoms with Gasteiger partial charge in [0.1, 0.15) is 0 Å². The van der Waals surface area contributed by atoms with Crippen LogP contribution in [0.5, 0.6) is 5.75 Å². The molecule has 0 aliphatic heterocycles. The molecule has 1 rings (SSSR count). The zero-order valence-corrected chi connectivity index (χ0v) is 11.3. The summed E-state index contributed by atoms with van der Waals surface area (Å²) < 4.78 is 18.6. The molecule has 0 unspecified atom stereocenters. The molecule has 6 heteroatoms. The number of amides is 1. The molecule has 1 aromatic carbocycles. The molecule has 1 aromatic rings.